The van der Waals surface area contributed by atoms with Crippen LogP contribution in [0.5, 0.6) is 5.75 Å². The number of carbonyl (C=O) groups is 5. The second kappa shape index (κ2) is 8.37. The molecule has 11 nitrogen and oxygen atoms in total. The molecule has 0 aromatic heterocycles. The van der Waals surface area contributed by atoms with Gasteiger partial charge < -0.3 is 20.1 Å². The third-order valence-corrected chi connectivity index (χ3v) is 3.70. The molecular weight excluding hydrogens is 372 g/mol. The number of anilines is 1. The highest BCUT2D eigenvalue weighted by molar-refractivity contribution is 6.08. The van der Waals surface area contributed by atoms with E-state index in [0.717, 1.165) is 0 Å². The molecule has 1 fully saturated rings. The Morgan fingerprint density at radius 2 is 1.79 bits per heavy atom. The first-order valence-electron chi connectivity index (χ1n) is 8.17. The Kier molecular flexibility index (Phi) is 6.18. The number of urea groups is 2. The van der Waals surface area contributed by atoms with Gasteiger partial charge in [0, 0.05) is 5.69 Å². The van der Waals surface area contributed by atoms with Crippen LogP contribution in [0.1, 0.15) is 13.8 Å². The number of methoxy groups -OCH3 is 1. The minimum absolute atomic E-state index is 0.421. The van der Waals surface area contributed by atoms with E-state index in [1.807, 2.05) is 5.32 Å². The van der Waals surface area contributed by atoms with Gasteiger partial charge >= 0.3 is 18.0 Å². The molecule has 0 radical (unpaired) electrons. The van der Waals surface area contributed by atoms with Crippen LogP contribution >= 0.6 is 0 Å². The number of hydrogen-bond acceptors (Lipinski definition) is 7. The van der Waals surface area contributed by atoms with Crippen LogP contribution in [-0.4, -0.2) is 60.5 Å². The van der Waals surface area contributed by atoms with E-state index in [0.29, 0.717) is 16.3 Å². The van der Waals surface area contributed by atoms with E-state index < -0.39 is 48.5 Å². The molecule has 1 aliphatic rings. The normalized spacial score (nSPS) is 14.9. The third kappa shape index (κ3) is 5.19. The lowest BCUT2D eigenvalue weighted by Gasteiger charge is -2.15. The Balaban J connectivity index is 1.75. The van der Waals surface area contributed by atoms with Crippen LogP contribution in [-0.2, 0) is 19.1 Å². The van der Waals surface area contributed by atoms with E-state index in [1.54, 1.807) is 24.3 Å². The predicted molar refractivity (Wildman–Crippen MR) is 95.4 cm³/mol. The molecule has 0 aliphatic carbocycles. The van der Waals surface area contributed by atoms with Crippen molar-refractivity contribution in [2.45, 2.75) is 19.4 Å². The van der Waals surface area contributed by atoms with E-state index >= 15 is 0 Å². The molecule has 0 spiro atoms. The summed E-state index contributed by atoms with van der Waals surface area (Å²) in [5, 5.41) is 6.81. The topological polar surface area (TPSA) is 143 Å². The molecule has 0 bridgehead atoms. The number of benzene rings is 1. The van der Waals surface area contributed by atoms with Crippen molar-refractivity contribution in [2.24, 2.45) is 0 Å². The number of imide groups is 2. The van der Waals surface area contributed by atoms with Crippen molar-refractivity contribution in [1.29, 1.82) is 0 Å². The first kappa shape index (κ1) is 20.7. The molecular formula is C17H20N4O7. The molecule has 11 heteroatoms. The molecule has 28 heavy (non-hydrogen) atoms. The lowest BCUT2D eigenvalue weighted by molar-refractivity contribution is -0.150. The summed E-state index contributed by atoms with van der Waals surface area (Å²) in [6.07, 6.45) is 0. The van der Waals surface area contributed by atoms with E-state index in [4.69, 9.17) is 9.47 Å². The Morgan fingerprint density at radius 3 is 2.32 bits per heavy atom. The largest absolute Gasteiger partial charge is 0.497 e. The molecule has 3 N–H and O–H groups in total. The fraction of sp³-hybridized carbons (Fsp3) is 0.353. The molecule has 1 heterocycles. The predicted octanol–water partition coefficient (Wildman–Crippen LogP) is 0.217. The molecule has 0 unspecified atom stereocenters. The van der Waals surface area contributed by atoms with Crippen LogP contribution in [0, 0.1) is 0 Å². The van der Waals surface area contributed by atoms with Gasteiger partial charge in [0.15, 0.2) is 6.61 Å². The van der Waals surface area contributed by atoms with Gasteiger partial charge in [0.25, 0.3) is 11.8 Å². The second-order valence-corrected chi connectivity index (χ2v) is 6.34. The van der Waals surface area contributed by atoms with Crippen molar-refractivity contribution in [3.05, 3.63) is 24.3 Å². The highest BCUT2D eigenvalue weighted by Crippen LogP contribution is 2.16. The smallest absolute Gasteiger partial charge is 0.326 e. The number of rotatable bonds is 6. The van der Waals surface area contributed by atoms with Gasteiger partial charge in [-0.05, 0) is 38.1 Å². The minimum Gasteiger partial charge on any atom is -0.497 e. The number of amides is 6. The minimum atomic E-state index is -1.12. The summed E-state index contributed by atoms with van der Waals surface area (Å²) in [5.74, 6) is -1.83. The maximum Gasteiger partial charge on any atom is 0.326 e. The molecule has 0 atom stereocenters. The third-order valence-electron chi connectivity index (χ3n) is 3.70. The van der Waals surface area contributed by atoms with Gasteiger partial charge in [-0.2, -0.15) is 0 Å². The average molecular weight is 392 g/mol. The number of esters is 1. The summed E-state index contributed by atoms with van der Waals surface area (Å²) in [4.78, 5) is 59.5. The van der Waals surface area contributed by atoms with Gasteiger partial charge in [0.05, 0.1) is 7.11 Å². The zero-order valence-corrected chi connectivity index (χ0v) is 15.5. The molecule has 1 aliphatic heterocycles. The monoisotopic (exact) mass is 392 g/mol. The summed E-state index contributed by atoms with van der Waals surface area (Å²) in [6, 6.07) is 4.84. The van der Waals surface area contributed by atoms with Gasteiger partial charge in [-0.15, -0.1) is 0 Å². The SMILES string of the molecule is COc1ccc(NC(=O)NC(=O)COC(=O)CN2C(=O)NC(C)(C)C2=O)cc1. The highest BCUT2D eigenvalue weighted by atomic mass is 16.5. The average Bonchev–Trinajstić information content (AvgIpc) is 2.82. The van der Waals surface area contributed by atoms with E-state index in [2.05, 4.69) is 10.6 Å². The quantitative estimate of drug-likeness (QED) is 0.464. The Bertz CT molecular complexity index is 804. The summed E-state index contributed by atoms with van der Waals surface area (Å²) in [5.41, 5.74) is -0.696. The number of ether oxygens (including phenoxy) is 2. The molecule has 2 rings (SSSR count). The maximum absolute atomic E-state index is 12.0. The van der Waals surface area contributed by atoms with Crippen LogP contribution in [0.3, 0.4) is 0 Å². The summed E-state index contributed by atoms with van der Waals surface area (Å²) >= 11 is 0. The lowest BCUT2D eigenvalue weighted by Crippen LogP contribution is -2.42. The fourth-order valence-corrected chi connectivity index (χ4v) is 2.28. The van der Waals surface area contributed by atoms with E-state index in [1.165, 1.54) is 21.0 Å². The second-order valence-electron chi connectivity index (χ2n) is 6.34. The number of nitrogens with one attached hydrogen (secondary N) is 3. The summed E-state index contributed by atoms with van der Waals surface area (Å²) in [6.45, 7) is 1.60. The molecule has 6 amide bonds. The van der Waals surface area contributed by atoms with Crippen LogP contribution in [0.4, 0.5) is 15.3 Å². The van der Waals surface area contributed by atoms with Crippen molar-refractivity contribution < 1.29 is 33.4 Å². The maximum atomic E-state index is 12.0. The standard InChI is InChI=1S/C17H20N4O7/c1-17(2)14(24)21(16(26)20-17)8-13(23)28-9-12(22)19-15(25)18-10-4-6-11(27-3)7-5-10/h4-7H,8-9H2,1-3H3,(H,20,26)(H2,18,19,22,25). The van der Waals surface area contributed by atoms with E-state index in [9.17, 15) is 24.0 Å². The Hall–Kier alpha value is -3.63. The van der Waals surface area contributed by atoms with Gasteiger partial charge in [0.2, 0.25) is 0 Å². The van der Waals surface area contributed by atoms with Gasteiger partial charge in [0.1, 0.15) is 17.8 Å². The molecule has 1 saturated heterocycles. The number of nitrogens with zero attached hydrogens (tertiary/aromatic N) is 1. The molecule has 1 aromatic rings. The van der Waals surface area contributed by atoms with Crippen LogP contribution in [0.25, 0.3) is 0 Å². The first-order chi connectivity index (χ1) is 13.1. The van der Waals surface area contributed by atoms with Crippen molar-refractivity contribution >= 4 is 35.5 Å². The van der Waals surface area contributed by atoms with E-state index in [-0.39, 0.29) is 0 Å². The van der Waals surface area contributed by atoms with Gasteiger partial charge in [-0.3, -0.25) is 24.6 Å². The van der Waals surface area contributed by atoms with Crippen LogP contribution in [0.2, 0.25) is 0 Å². The zero-order chi connectivity index (χ0) is 20.9. The van der Waals surface area contributed by atoms with Crippen molar-refractivity contribution in [3.63, 3.8) is 0 Å². The van der Waals surface area contributed by atoms with Crippen molar-refractivity contribution in [2.75, 3.05) is 25.6 Å². The summed E-state index contributed by atoms with van der Waals surface area (Å²) in [7, 11) is 1.50. The lowest BCUT2D eigenvalue weighted by atomic mass is 10.1. The highest BCUT2D eigenvalue weighted by Gasteiger charge is 2.45. The Morgan fingerprint density at radius 1 is 1.14 bits per heavy atom. The fourth-order valence-electron chi connectivity index (χ4n) is 2.28. The summed E-state index contributed by atoms with van der Waals surface area (Å²) < 4.78 is 9.68. The molecule has 1 aromatic carbocycles. The van der Waals surface area contributed by atoms with Crippen LogP contribution in [0.15, 0.2) is 24.3 Å². The van der Waals surface area contributed by atoms with Crippen LogP contribution < -0.4 is 20.7 Å². The number of carbonyl (C=O) groups excluding carboxylic acids is 5. The van der Waals surface area contributed by atoms with Crippen molar-refractivity contribution in [1.82, 2.24) is 15.5 Å². The molecule has 0 saturated carbocycles. The number of hydrogen-bond donors (Lipinski definition) is 3. The zero-order valence-electron chi connectivity index (χ0n) is 15.5. The van der Waals surface area contributed by atoms with Gasteiger partial charge in [-0.25, -0.2) is 9.59 Å². The van der Waals surface area contributed by atoms with Crippen molar-refractivity contribution in [3.8, 4) is 5.75 Å². The Labute approximate surface area is 160 Å². The first-order valence-corrected chi connectivity index (χ1v) is 8.17. The molecule has 150 valence electrons. The van der Waals surface area contributed by atoms with Gasteiger partial charge in [-0.1, -0.05) is 0 Å².